The van der Waals surface area contributed by atoms with Gasteiger partial charge in [0.2, 0.25) is 0 Å². The molecule has 4 nitrogen and oxygen atoms in total. The maximum absolute atomic E-state index is 12.3. The Bertz CT molecular complexity index is 885. The molecule has 26 heavy (non-hydrogen) atoms. The summed E-state index contributed by atoms with van der Waals surface area (Å²) in [6, 6.07) is 15.5. The van der Waals surface area contributed by atoms with E-state index in [0.717, 1.165) is 22.0 Å². The highest BCUT2D eigenvalue weighted by Gasteiger charge is 2.11. The molecule has 1 amide bonds. The number of aryl methyl sites for hydroxylation is 1. The van der Waals surface area contributed by atoms with Crippen molar-refractivity contribution in [3.8, 4) is 17.0 Å². The van der Waals surface area contributed by atoms with Crippen LogP contribution < -0.4 is 10.1 Å². The van der Waals surface area contributed by atoms with E-state index in [1.165, 1.54) is 5.56 Å². The van der Waals surface area contributed by atoms with Gasteiger partial charge in [0.25, 0.3) is 5.91 Å². The summed E-state index contributed by atoms with van der Waals surface area (Å²) >= 11 is 1.59. The van der Waals surface area contributed by atoms with Crippen LogP contribution in [0.5, 0.6) is 5.75 Å². The predicted molar refractivity (Wildman–Crippen MR) is 107 cm³/mol. The fourth-order valence-corrected chi connectivity index (χ4v) is 3.20. The maximum Gasteiger partial charge on any atom is 0.262 e. The lowest BCUT2D eigenvalue weighted by atomic mass is 10.0. The minimum absolute atomic E-state index is 0.0363. The van der Waals surface area contributed by atoms with Gasteiger partial charge < -0.3 is 10.1 Å². The van der Waals surface area contributed by atoms with E-state index in [9.17, 15) is 4.79 Å². The Morgan fingerprint density at radius 3 is 2.54 bits per heavy atom. The maximum atomic E-state index is 12.3. The number of hydrogen-bond donors (Lipinski definition) is 1. The van der Waals surface area contributed by atoms with Gasteiger partial charge in [0, 0.05) is 10.9 Å². The first-order valence-electron chi connectivity index (χ1n) is 8.57. The Balaban J connectivity index is 1.63. The van der Waals surface area contributed by atoms with Gasteiger partial charge in [0.1, 0.15) is 5.75 Å². The van der Waals surface area contributed by atoms with Crippen molar-refractivity contribution in [2.24, 2.45) is 0 Å². The number of thiazole rings is 1. The Morgan fingerprint density at radius 2 is 1.88 bits per heavy atom. The second-order valence-corrected chi connectivity index (χ2v) is 7.42. The van der Waals surface area contributed by atoms with Crippen molar-refractivity contribution < 1.29 is 9.53 Å². The molecule has 1 N–H and O–H groups in total. The van der Waals surface area contributed by atoms with Gasteiger partial charge in [0.15, 0.2) is 6.61 Å². The van der Waals surface area contributed by atoms with Gasteiger partial charge in [-0.15, -0.1) is 11.3 Å². The summed E-state index contributed by atoms with van der Waals surface area (Å²) in [4.78, 5) is 16.8. The van der Waals surface area contributed by atoms with E-state index >= 15 is 0 Å². The minimum Gasteiger partial charge on any atom is -0.484 e. The summed E-state index contributed by atoms with van der Waals surface area (Å²) in [5, 5.41) is 5.91. The Kier molecular flexibility index (Phi) is 5.68. The van der Waals surface area contributed by atoms with E-state index in [-0.39, 0.29) is 12.5 Å². The molecule has 1 heterocycles. The third kappa shape index (κ3) is 4.49. The van der Waals surface area contributed by atoms with Gasteiger partial charge in [-0.25, -0.2) is 4.98 Å². The smallest absolute Gasteiger partial charge is 0.262 e. The summed E-state index contributed by atoms with van der Waals surface area (Å²) in [6.07, 6.45) is 0. The molecule has 0 fully saturated rings. The zero-order chi connectivity index (χ0) is 18.5. The first kappa shape index (κ1) is 18.1. The second-order valence-electron chi connectivity index (χ2n) is 6.36. The van der Waals surface area contributed by atoms with Crippen molar-refractivity contribution >= 4 is 22.9 Å². The van der Waals surface area contributed by atoms with Crippen LogP contribution in [0.3, 0.4) is 0 Å². The number of nitrogens with zero attached hydrogens (tertiary/aromatic N) is 1. The molecule has 0 saturated carbocycles. The standard InChI is InChI=1S/C21H22N2O2S/c1-14(2)16-8-10-17(11-9-16)25-12-21(24)23-19-7-5-4-6-18(19)20-13-26-15(3)22-20/h4-11,13-14H,12H2,1-3H3,(H,23,24). The number of hydrogen-bond acceptors (Lipinski definition) is 4. The summed E-state index contributed by atoms with van der Waals surface area (Å²) in [5.41, 5.74) is 3.76. The zero-order valence-electron chi connectivity index (χ0n) is 15.2. The van der Waals surface area contributed by atoms with Crippen LogP contribution >= 0.6 is 11.3 Å². The molecular weight excluding hydrogens is 344 g/mol. The van der Waals surface area contributed by atoms with E-state index in [1.807, 2.05) is 60.8 Å². The topological polar surface area (TPSA) is 51.2 Å². The SMILES string of the molecule is Cc1nc(-c2ccccc2NC(=O)COc2ccc(C(C)C)cc2)cs1. The molecule has 0 aliphatic rings. The lowest BCUT2D eigenvalue weighted by Crippen LogP contribution is -2.20. The number of benzene rings is 2. The van der Waals surface area contributed by atoms with Crippen molar-refractivity contribution in [3.63, 3.8) is 0 Å². The van der Waals surface area contributed by atoms with Crippen molar-refractivity contribution in [1.82, 2.24) is 4.98 Å². The molecule has 3 aromatic rings. The monoisotopic (exact) mass is 366 g/mol. The average molecular weight is 366 g/mol. The quantitative estimate of drug-likeness (QED) is 0.647. The Hall–Kier alpha value is -2.66. The fourth-order valence-electron chi connectivity index (χ4n) is 2.59. The molecule has 2 aromatic carbocycles. The largest absolute Gasteiger partial charge is 0.484 e. The lowest BCUT2D eigenvalue weighted by molar-refractivity contribution is -0.118. The summed E-state index contributed by atoms with van der Waals surface area (Å²) in [6.45, 7) is 6.22. The highest BCUT2D eigenvalue weighted by atomic mass is 32.1. The first-order valence-corrected chi connectivity index (χ1v) is 9.45. The summed E-state index contributed by atoms with van der Waals surface area (Å²) in [5.74, 6) is 0.962. The number of aromatic nitrogens is 1. The van der Waals surface area contributed by atoms with E-state index < -0.39 is 0 Å². The van der Waals surface area contributed by atoms with Crippen LogP contribution in [0.1, 0.15) is 30.3 Å². The van der Waals surface area contributed by atoms with Gasteiger partial charge in [-0.2, -0.15) is 0 Å². The van der Waals surface area contributed by atoms with Crippen molar-refractivity contribution in [3.05, 3.63) is 64.5 Å². The van der Waals surface area contributed by atoms with E-state index in [4.69, 9.17) is 4.74 Å². The van der Waals surface area contributed by atoms with E-state index in [0.29, 0.717) is 11.7 Å². The van der Waals surface area contributed by atoms with Gasteiger partial charge in [-0.1, -0.05) is 44.2 Å². The van der Waals surface area contributed by atoms with Crippen molar-refractivity contribution in [1.29, 1.82) is 0 Å². The molecule has 1 aromatic heterocycles. The highest BCUT2D eigenvalue weighted by Crippen LogP contribution is 2.28. The number of rotatable bonds is 6. The van der Waals surface area contributed by atoms with E-state index in [1.54, 1.807) is 11.3 Å². The molecule has 0 saturated heterocycles. The van der Waals surface area contributed by atoms with Gasteiger partial charge >= 0.3 is 0 Å². The number of amides is 1. The number of carbonyl (C=O) groups excluding carboxylic acids is 1. The highest BCUT2D eigenvalue weighted by molar-refractivity contribution is 7.09. The lowest BCUT2D eigenvalue weighted by Gasteiger charge is -2.11. The number of carbonyl (C=O) groups is 1. The van der Waals surface area contributed by atoms with Crippen LogP contribution in [-0.2, 0) is 4.79 Å². The third-order valence-electron chi connectivity index (χ3n) is 4.01. The first-order chi connectivity index (χ1) is 12.5. The Labute approximate surface area is 157 Å². The predicted octanol–water partition coefficient (Wildman–Crippen LogP) is 5.26. The number of para-hydroxylation sites is 1. The van der Waals surface area contributed by atoms with Crippen LogP contribution in [0.4, 0.5) is 5.69 Å². The second kappa shape index (κ2) is 8.15. The molecular formula is C21H22N2O2S. The minimum atomic E-state index is -0.197. The van der Waals surface area contributed by atoms with Crippen LogP contribution in [-0.4, -0.2) is 17.5 Å². The van der Waals surface area contributed by atoms with Crippen LogP contribution in [0.25, 0.3) is 11.3 Å². The molecule has 0 atom stereocenters. The van der Waals surface area contributed by atoms with Crippen LogP contribution in [0.2, 0.25) is 0 Å². The molecule has 0 aliphatic carbocycles. The van der Waals surface area contributed by atoms with Crippen LogP contribution in [0, 0.1) is 6.92 Å². The molecule has 0 unspecified atom stereocenters. The third-order valence-corrected chi connectivity index (χ3v) is 4.79. The molecule has 0 radical (unpaired) electrons. The van der Waals surface area contributed by atoms with Crippen molar-refractivity contribution in [2.75, 3.05) is 11.9 Å². The molecule has 0 aliphatic heterocycles. The number of anilines is 1. The van der Waals surface area contributed by atoms with Gasteiger partial charge in [0.05, 0.1) is 16.4 Å². The summed E-state index contributed by atoms with van der Waals surface area (Å²) in [7, 11) is 0. The summed E-state index contributed by atoms with van der Waals surface area (Å²) < 4.78 is 5.60. The van der Waals surface area contributed by atoms with E-state index in [2.05, 4.69) is 24.1 Å². The fraction of sp³-hybridized carbons (Fsp3) is 0.238. The molecule has 134 valence electrons. The molecule has 0 spiro atoms. The van der Waals surface area contributed by atoms with Gasteiger partial charge in [-0.05, 0) is 36.6 Å². The zero-order valence-corrected chi connectivity index (χ0v) is 16.0. The number of ether oxygens (including phenoxy) is 1. The average Bonchev–Trinajstić information content (AvgIpc) is 3.07. The Morgan fingerprint density at radius 1 is 1.15 bits per heavy atom. The van der Waals surface area contributed by atoms with Crippen LogP contribution in [0.15, 0.2) is 53.9 Å². The van der Waals surface area contributed by atoms with Gasteiger partial charge in [-0.3, -0.25) is 4.79 Å². The number of nitrogens with one attached hydrogen (secondary N) is 1. The van der Waals surface area contributed by atoms with Crippen molar-refractivity contribution in [2.45, 2.75) is 26.7 Å². The normalized spacial score (nSPS) is 10.8. The molecule has 0 bridgehead atoms. The molecule has 5 heteroatoms. The molecule has 3 rings (SSSR count).